The summed E-state index contributed by atoms with van der Waals surface area (Å²) in [6.45, 7) is 2.09. The van der Waals surface area contributed by atoms with Crippen molar-refractivity contribution in [2.45, 2.75) is 64.1 Å². The summed E-state index contributed by atoms with van der Waals surface area (Å²) in [4.78, 5) is 22.5. The number of carbonyl (C=O) groups is 2. The minimum absolute atomic E-state index is 0.196. The highest BCUT2D eigenvalue weighted by Crippen LogP contribution is 2.34. The predicted molar refractivity (Wildman–Crippen MR) is 68.1 cm³/mol. The number of aliphatic hydroxyl groups excluding tert-OH is 2. The minimum atomic E-state index is -0.752. The summed E-state index contributed by atoms with van der Waals surface area (Å²) >= 11 is 0. The molecule has 4 atom stereocenters. The number of aldehydes is 1. The summed E-state index contributed by atoms with van der Waals surface area (Å²) in [6, 6.07) is 0. The van der Waals surface area contributed by atoms with Crippen molar-refractivity contribution in [3.63, 3.8) is 0 Å². The molecule has 1 rings (SSSR count). The van der Waals surface area contributed by atoms with E-state index in [9.17, 15) is 19.8 Å². The fourth-order valence-corrected chi connectivity index (χ4v) is 2.72. The highest BCUT2D eigenvalue weighted by molar-refractivity contribution is 5.78. The zero-order valence-corrected chi connectivity index (χ0v) is 11.0. The Morgan fingerprint density at radius 1 is 1.22 bits per heavy atom. The Bertz CT molecular complexity index is 277. The van der Waals surface area contributed by atoms with E-state index in [-0.39, 0.29) is 18.1 Å². The Labute approximate surface area is 108 Å². The van der Waals surface area contributed by atoms with E-state index in [0.717, 1.165) is 19.3 Å². The quantitative estimate of drug-likeness (QED) is 0.509. The highest BCUT2D eigenvalue weighted by atomic mass is 16.3. The van der Waals surface area contributed by atoms with Gasteiger partial charge in [-0.15, -0.1) is 0 Å². The van der Waals surface area contributed by atoms with E-state index in [2.05, 4.69) is 6.92 Å². The lowest BCUT2D eigenvalue weighted by molar-refractivity contribution is -0.120. The summed E-state index contributed by atoms with van der Waals surface area (Å²) < 4.78 is 0. The van der Waals surface area contributed by atoms with Gasteiger partial charge in [-0.05, 0) is 18.8 Å². The van der Waals surface area contributed by atoms with Gasteiger partial charge in [-0.2, -0.15) is 0 Å². The molecule has 0 aromatic carbocycles. The second-order valence-electron chi connectivity index (χ2n) is 5.28. The molecule has 0 unspecified atom stereocenters. The number of rotatable bonds is 8. The molecular formula is C14H24O4. The molecule has 0 bridgehead atoms. The first-order valence-corrected chi connectivity index (χ1v) is 6.93. The minimum Gasteiger partial charge on any atom is -0.393 e. The summed E-state index contributed by atoms with van der Waals surface area (Å²) in [5.74, 6) is -0.572. The van der Waals surface area contributed by atoms with Gasteiger partial charge >= 0.3 is 0 Å². The molecule has 2 N–H and O–H groups in total. The van der Waals surface area contributed by atoms with E-state index in [1.165, 1.54) is 0 Å². The highest BCUT2D eigenvalue weighted by Gasteiger charge is 2.41. The Kier molecular flexibility index (Phi) is 6.50. The van der Waals surface area contributed by atoms with Gasteiger partial charge in [0.25, 0.3) is 0 Å². The van der Waals surface area contributed by atoms with Gasteiger partial charge in [0, 0.05) is 25.2 Å². The van der Waals surface area contributed by atoms with Crippen molar-refractivity contribution in [1.82, 2.24) is 0 Å². The Morgan fingerprint density at radius 2 is 1.94 bits per heavy atom. The standard InChI is InChI=1S/C14H24O4/c1-2-3-4-5-10(16)6-7-11-12(9-15)14(18)8-13(11)17/h9,11-14,17-18H,2-8H2,1H3/t11-,12+,13-,14+/m1/s1. The molecule has 18 heavy (non-hydrogen) atoms. The van der Waals surface area contributed by atoms with E-state index >= 15 is 0 Å². The smallest absolute Gasteiger partial charge is 0.132 e. The van der Waals surface area contributed by atoms with Crippen molar-refractivity contribution in [2.75, 3.05) is 0 Å². The van der Waals surface area contributed by atoms with Crippen LogP contribution in [0.4, 0.5) is 0 Å². The van der Waals surface area contributed by atoms with Crippen LogP contribution in [0.3, 0.4) is 0 Å². The SMILES string of the molecule is CCCCCC(=O)CC[C@@H]1[C@H](C=O)[C@@H](O)C[C@H]1O. The van der Waals surface area contributed by atoms with Crippen LogP contribution in [0.1, 0.15) is 51.9 Å². The van der Waals surface area contributed by atoms with Crippen LogP contribution < -0.4 is 0 Å². The van der Waals surface area contributed by atoms with Gasteiger partial charge in [0.15, 0.2) is 0 Å². The normalized spacial score (nSPS) is 31.5. The molecule has 1 aliphatic rings. The van der Waals surface area contributed by atoms with Gasteiger partial charge in [-0.3, -0.25) is 4.79 Å². The summed E-state index contributed by atoms with van der Waals surface area (Å²) in [6.07, 6.45) is 4.13. The van der Waals surface area contributed by atoms with Gasteiger partial charge < -0.3 is 15.0 Å². The molecule has 0 aliphatic heterocycles. The molecule has 0 heterocycles. The lowest BCUT2D eigenvalue weighted by Gasteiger charge is -2.18. The first-order valence-electron chi connectivity index (χ1n) is 6.93. The van der Waals surface area contributed by atoms with Gasteiger partial charge in [0.1, 0.15) is 12.1 Å². The second kappa shape index (κ2) is 7.64. The van der Waals surface area contributed by atoms with E-state index < -0.39 is 18.1 Å². The lowest BCUT2D eigenvalue weighted by Crippen LogP contribution is -2.24. The third kappa shape index (κ3) is 4.18. The summed E-state index contributed by atoms with van der Waals surface area (Å²) in [5.41, 5.74) is 0. The molecule has 0 spiro atoms. The molecule has 0 amide bonds. The fraction of sp³-hybridized carbons (Fsp3) is 0.857. The summed E-state index contributed by atoms with van der Waals surface area (Å²) in [5, 5.41) is 19.3. The van der Waals surface area contributed by atoms with Crippen molar-refractivity contribution in [3.05, 3.63) is 0 Å². The number of ketones is 1. The fourth-order valence-electron chi connectivity index (χ4n) is 2.72. The zero-order valence-electron chi connectivity index (χ0n) is 11.0. The van der Waals surface area contributed by atoms with Gasteiger partial charge in [-0.25, -0.2) is 0 Å². The monoisotopic (exact) mass is 256 g/mol. The van der Waals surface area contributed by atoms with Crippen LogP contribution in [0.25, 0.3) is 0 Å². The second-order valence-corrected chi connectivity index (χ2v) is 5.28. The molecule has 0 saturated heterocycles. The van der Waals surface area contributed by atoms with Crippen molar-refractivity contribution in [2.24, 2.45) is 11.8 Å². The maximum Gasteiger partial charge on any atom is 0.132 e. The third-order valence-electron chi connectivity index (χ3n) is 3.89. The van der Waals surface area contributed by atoms with Crippen LogP contribution in [0.15, 0.2) is 0 Å². The van der Waals surface area contributed by atoms with Crippen LogP contribution in [0, 0.1) is 11.8 Å². The van der Waals surface area contributed by atoms with Crippen molar-refractivity contribution in [3.8, 4) is 0 Å². The molecule has 1 fully saturated rings. The topological polar surface area (TPSA) is 74.6 Å². The Morgan fingerprint density at radius 3 is 2.56 bits per heavy atom. The zero-order chi connectivity index (χ0) is 13.5. The van der Waals surface area contributed by atoms with Gasteiger partial charge in [0.05, 0.1) is 12.2 Å². The molecule has 104 valence electrons. The van der Waals surface area contributed by atoms with Crippen LogP contribution in [-0.2, 0) is 9.59 Å². The number of hydrogen-bond donors (Lipinski definition) is 2. The Hall–Kier alpha value is -0.740. The van der Waals surface area contributed by atoms with E-state index in [1.807, 2.05) is 0 Å². The average Bonchev–Trinajstić information content (AvgIpc) is 2.61. The molecule has 1 aliphatic carbocycles. The number of carbonyl (C=O) groups excluding carboxylic acids is 2. The van der Waals surface area contributed by atoms with Crippen LogP contribution >= 0.6 is 0 Å². The van der Waals surface area contributed by atoms with Crippen LogP contribution in [0.2, 0.25) is 0 Å². The summed E-state index contributed by atoms with van der Waals surface area (Å²) in [7, 11) is 0. The van der Waals surface area contributed by atoms with Crippen molar-refractivity contribution < 1.29 is 19.8 Å². The number of unbranched alkanes of at least 4 members (excludes halogenated alkanes) is 2. The maximum atomic E-state index is 11.6. The number of Topliss-reactive ketones (excluding diaryl/α,β-unsaturated/α-hetero) is 1. The largest absolute Gasteiger partial charge is 0.393 e. The molecule has 0 aromatic rings. The molecule has 4 nitrogen and oxygen atoms in total. The van der Waals surface area contributed by atoms with Gasteiger partial charge in [0.2, 0.25) is 0 Å². The van der Waals surface area contributed by atoms with Crippen LogP contribution in [0.5, 0.6) is 0 Å². The molecule has 1 saturated carbocycles. The van der Waals surface area contributed by atoms with Crippen molar-refractivity contribution in [1.29, 1.82) is 0 Å². The van der Waals surface area contributed by atoms with E-state index in [0.29, 0.717) is 25.5 Å². The van der Waals surface area contributed by atoms with Gasteiger partial charge in [-0.1, -0.05) is 19.8 Å². The van der Waals surface area contributed by atoms with E-state index in [4.69, 9.17) is 0 Å². The number of hydrogen-bond acceptors (Lipinski definition) is 4. The predicted octanol–water partition coefficient (Wildman–Crippen LogP) is 1.47. The Balaban J connectivity index is 2.33. The third-order valence-corrected chi connectivity index (χ3v) is 3.89. The number of aliphatic hydroxyl groups is 2. The molecule has 0 aromatic heterocycles. The first kappa shape index (κ1) is 15.3. The first-order chi connectivity index (χ1) is 8.60. The average molecular weight is 256 g/mol. The lowest BCUT2D eigenvalue weighted by atomic mass is 9.89. The van der Waals surface area contributed by atoms with Crippen molar-refractivity contribution >= 4 is 12.1 Å². The van der Waals surface area contributed by atoms with E-state index in [1.54, 1.807) is 0 Å². The maximum absolute atomic E-state index is 11.6. The molecule has 4 heteroatoms. The van der Waals surface area contributed by atoms with Crippen LogP contribution in [-0.4, -0.2) is 34.5 Å². The molecule has 0 radical (unpaired) electrons. The molecular weight excluding hydrogens is 232 g/mol.